The van der Waals surface area contributed by atoms with Gasteiger partial charge in [-0.2, -0.15) is 0 Å². The van der Waals surface area contributed by atoms with Crippen LogP contribution in [-0.2, 0) is 9.59 Å². The van der Waals surface area contributed by atoms with Gasteiger partial charge < -0.3 is 15.7 Å². The van der Waals surface area contributed by atoms with Gasteiger partial charge >= 0.3 is 5.97 Å². The topological polar surface area (TPSA) is 90.5 Å². The van der Waals surface area contributed by atoms with Crippen molar-refractivity contribution in [3.63, 3.8) is 0 Å². The fourth-order valence-corrected chi connectivity index (χ4v) is 2.44. The van der Waals surface area contributed by atoms with Gasteiger partial charge in [0.1, 0.15) is 6.42 Å². The second-order valence-corrected chi connectivity index (χ2v) is 5.09. The molecule has 1 saturated heterocycles. The van der Waals surface area contributed by atoms with E-state index in [1.165, 1.54) is 12.0 Å². The number of carboxylic acid groups (broad SMARTS) is 1. The third-order valence-electron chi connectivity index (χ3n) is 3.45. The van der Waals surface area contributed by atoms with Crippen LogP contribution in [0.2, 0.25) is 0 Å². The highest BCUT2D eigenvalue weighted by atomic mass is 16.4. The van der Waals surface area contributed by atoms with Crippen LogP contribution in [0, 0.1) is 0 Å². The van der Waals surface area contributed by atoms with Crippen molar-refractivity contribution in [2.24, 2.45) is 0 Å². The van der Waals surface area contributed by atoms with Crippen molar-refractivity contribution in [1.29, 1.82) is 0 Å². The molecule has 110 valence electrons. The molecule has 0 radical (unpaired) electrons. The largest absolute Gasteiger partial charge is 0.481 e. The highest BCUT2D eigenvalue weighted by Crippen LogP contribution is 2.19. The Morgan fingerprint density at radius 2 is 2.25 bits per heavy atom. The molecule has 2 aliphatic heterocycles. The Morgan fingerprint density at radius 3 is 3.05 bits per heavy atom. The van der Waals surface area contributed by atoms with Crippen molar-refractivity contribution in [3.8, 4) is 0 Å². The molecule has 2 heterocycles. The van der Waals surface area contributed by atoms with Crippen LogP contribution in [0.1, 0.15) is 32.1 Å². The predicted octanol–water partition coefficient (Wildman–Crippen LogP) is 0.481. The smallest absolute Gasteiger partial charge is 0.312 e. The average Bonchev–Trinajstić information content (AvgIpc) is 2.43. The molecule has 0 saturated carbocycles. The lowest BCUT2D eigenvalue weighted by atomic mass is 9.99. The number of allylic oxidation sites excluding steroid dienone is 3. The molecule has 1 fully saturated rings. The summed E-state index contributed by atoms with van der Waals surface area (Å²) >= 11 is 0. The minimum atomic E-state index is -1.10. The molecule has 0 spiro atoms. The van der Waals surface area contributed by atoms with Gasteiger partial charge in [-0.15, -0.1) is 0 Å². The summed E-state index contributed by atoms with van der Waals surface area (Å²) < 4.78 is 0. The number of amides is 1. The van der Waals surface area contributed by atoms with Gasteiger partial charge in [0.15, 0.2) is 0 Å². The molecule has 0 aromatic heterocycles. The first-order chi connectivity index (χ1) is 9.65. The first kappa shape index (κ1) is 14.6. The van der Waals surface area contributed by atoms with Gasteiger partial charge in [0.25, 0.3) is 0 Å². The summed E-state index contributed by atoms with van der Waals surface area (Å²) in [6.45, 7) is 1.54. The van der Waals surface area contributed by atoms with Gasteiger partial charge in [0.05, 0.1) is 6.17 Å². The quantitative estimate of drug-likeness (QED) is 0.419. The second-order valence-electron chi connectivity index (χ2n) is 5.09. The Balaban J connectivity index is 1.67. The maximum absolute atomic E-state index is 11.2. The first-order valence-electron chi connectivity index (χ1n) is 7.03. The van der Waals surface area contributed by atoms with Crippen LogP contribution in [0.3, 0.4) is 0 Å². The zero-order chi connectivity index (χ0) is 14.4. The number of piperidine rings is 1. The van der Waals surface area contributed by atoms with Gasteiger partial charge in [0.2, 0.25) is 5.91 Å². The maximum Gasteiger partial charge on any atom is 0.312 e. The Labute approximate surface area is 118 Å². The molecule has 1 amide bonds. The van der Waals surface area contributed by atoms with E-state index in [-0.39, 0.29) is 6.17 Å². The maximum atomic E-state index is 11.2. The van der Waals surface area contributed by atoms with E-state index in [1.807, 2.05) is 0 Å². The standard InChI is InChI=1S/C14H21N3O3/c18-12(9-13(19)20)15-7-2-4-11-6-5-10-3-1-8-16-14(10)17-11/h5-6,14,16-17H,1-4,7-9H2,(H,15,18)(H,19,20). The van der Waals surface area contributed by atoms with Gasteiger partial charge in [0, 0.05) is 12.2 Å². The van der Waals surface area contributed by atoms with E-state index in [9.17, 15) is 9.59 Å². The van der Waals surface area contributed by atoms with Crippen LogP contribution in [-0.4, -0.2) is 36.2 Å². The molecule has 4 N–H and O–H groups in total. The van der Waals surface area contributed by atoms with E-state index >= 15 is 0 Å². The average molecular weight is 279 g/mol. The summed E-state index contributed by atoms with van der Waals surface area (Å²) in [4.78, 5) is 21.5. The number of aliphatic carboxylic acids is 1. The fourth-order valence-electron chi connectivity index (χ4n) is 2.44. The lowest BCUT2D eigenvalue weighted by Crippen LogP contribution is -2.47. The van der Waals surface area contributed by atoms with Crippen molar-refractivity contribution in [2.75, 3.05) is 13.1 Å². The molecule has 1 unspecified atom stereocenters. The predicted molar refractivity (Wildman–Crippen MR) is 74.8 cm³/mol. The molecule has 6 nitrogen and oxygen atoms in total. The minimum absolute atomic E-state index is 0.255. The van der Waals surface area contributed by atoms with Crippen molar-refractivity contribution in [3.05, 3.63) is 23.4 Å². The number of nitrogens with one attached hydrogen (secondary N) is 3. The second kappa shape index (κ2) is 7.09. The number of hydrogen-bond donors (Lipinski definition) is 4. The normalized spacial score (nSPS) is 21.1. The van der Waals surface area contributed by atoms with Crippen molar-refractivity contribution in [2.45, 2.75) is 38.3 Å². The SMILES string of the molecule is O=C(O)CC(=O)NCCCC1=CC=C2CCCNC2N1. The zero-order valence-corrected chi connectivity index (χ0v) is 11.4. The van der Waals surface area contributed by atoms with Crippen LogP contribution in [0.25, 0.3) is 0 Å². The molecule has 0 aliphatic carbocycles. The van der Waals surface area contributed by atoms with Crippen molar-refractivity contribution < 1.29 is 14.7 Å². The number of carboxylic acids is 1. The molecule has 0 bridgehead atoms. The molecule has 0 aromatic carbocycles. The summed E-state index contributed by atoms with van der Waals surface area (Å²) in [5.41, 5.74) is 2.55. The highest BCUT2D eigenvalue weighted by Gasteiger charge is 2.20. The monoisotopic (exact) mass is 279 g/mol. The van der Waals surface area contributed by atoms with E-state index in [1.54, 1.807) is 0 Å². The van der Waals surface area contributed by atoms with E-state index in [0.717, 1.165) is 31.5 Å². The number of dihydropyridines is 1. The molecule has 2 aliphatic rings. The number of fused-ring (bicyclic) bond motifs is 1. The molecule has 2 rings (SSSR count). The lowest BCUT2D eigenvalue weighted by molar-refractivity contribution is -0.140. The third-order valence-corrected chi connectivity index (χ3v) is 3.45. The molecule has 1 atom stereocenters. The number of carbonyl (C=O) groups excluding carboxylic acids is 1. The molecule has 0 aromatic rings. The van der Waals surface area contributed by atoms with Gasteiger partial charge in [-0.25, -0.2) is 0 Å². The van der Waals surface area contributed by atoms with Crippen LogP contribution in [0.15, 0.2) is 23.4 Å². The van der Waals surface area contributed by atoms with E-state index < -0.39 is 18.3 Å². The Kier molecular flexibility index (Phi) is 5.17. The highest BCUT2D eigenvalue weighted by molar-refractivity contribution is 5.93. The summed E-state index contributed by atoms with van der Waals surface area (Å²) in [7, 11) is 0. The molecular formula is C14H21N3O3. The Hall–Kier alpha value is -1.82. The minimum Gasteiger partial charge on any atom is -0.481 e. The molecule has 6 heteroatoms. The van der Waals surface area contributed by atoms with E-state index in [4.69, 9.17) is 5.11 Å². The summed E-state index contributed by atoms with van der Waals surface area (Å²) in [6, 6.07) is 0. The zero-order valence-electron chi connectivity index (χ0n) is 11.4. The van der Waals surface area contributed by atoms with Crippen LogP contribution in [0.4, 0.5) is 0 Å². The Morgan fingerprint density at radius 1 is 1.40 bits per heavy atom. The summed E-state index contributed by atoms with van der Waals surface area (Å²) in [5, 5.41) is 17.9. The lowest BCUT2D eigenvalue weighted by Gasteiger charge is -2.32. The van der Waals surface area contributed by atoms with Crippen LogP contribution < -0.4 is 16.0 Å². The fraction of sp³-hybridized carbons (Fsp3) is 0.571. The Bertz CT molecular complexity index is 443. The van der Waals surface area contributed by atoms with Crippen LogP contribution in [0.5, 0.6) is 0 Å². The van der Waals surface area contributed by atoms with E-state index in [0.29, 0.717) is 6.54 Å². The molecule has 20 heavy (non-hydrogen) atoms. The van der Waals surface area contributed by atoms with Crippen LogP contribution >= 0.6 is 0 Å². The van der Waals surface area contributed by atoms with Crippen molar-refractivity contribution >= 4 is 11.9 Å². The number of carbonyl (C=O) groups is 2. The number of hydrogen-bond acceptors (Lipinski definition) is 4. The number of rotatable bonds is 6. The van der Waals surface area contributed by atoms with Crippen molar-refractivity contribution in [1.82, 2.24) is 16.0 Å². The first-order valence-corrected chi connectivity index (χ1v) is 7.03. The van der Waals surface area contributed by atoms with Gasteiger partial charge in [-0.3, -0.25) is 14.9 Å². The van der Waals surface area contributed by atoms with Gasteiger partial charge in [-0.05, 0) is 43.9 Å². The summed E-state index contributed by atoms with van der Waals surface area (Å²) in [6.07, 6.45) is 8.02. The molecular weight excluding hydrogens is 258 g/mol. The summed E-state index contributed by atoms with van der Waals surface area (Å²) in [5.74, 6) is -1.53. The van der Waals surface area contributed by atoms with Gasteiger partial charge in [-0.1, -0.05) is 6.08 Å². The third kappa shape index (κ3) is 4.38. The van der Waals surface area contributed by atoms with E-state index in [2.05, 4.69) is 28.1 Å².